The summed E-state index contributed by atoms with van der Waals surface area (Å²) in [5.41, 5.74) is 5.85. The largest absolute Gasteiger partial charge is 0.370 e. The Bertz CT molecular complexity index is 465. The van der Waals surface area contributed by atoms with Crippen molar-refractivity contribution < 1.29 is 9.59 Å². The van der Waals surface area contributed by atoms with Crippen LogP contribution < -0.4 is 11.1 Å². The van der Waals surface area contributed by atoms with Gasteiger partial charge in [0.05, 0.1) is 0 Å². The number of hydrogen-bond acceptors (Lipinski definition) is 2. The van der Waals surface area contributed by atoms with Gasteiger partial charge < -0.3 is 16.0 Å². The zero-order chi connectivity index (χ0) is 15.0. The Morgan fingerprint density at radius 3 is 2.70 bits per heavy atom. The molecule has 0 aliphatic carbocycles. The first kappa shape index (κ1) is 16.5. The summed E-state index contributed by atoms with van der Waals surface area (Å²) in [6.45, 7) is 3.01. The molecule has 0 fully saturated rings. The van der Waals surface area contributed by atoms with Gasteiger partial charge in [-0.2, -0.15) is 0 Å². The SMILES string of the molecule is CCCCN(CCC(N)=O)C(=O)Nc1cccc(Br)c1. The summed E-state index contributed by atoms with van der Waals surface area (Å²) in [5, 5.41) is 2.82. The van der Waals surface area contributed by atoms with Crippen molar-refractivity contribution in [1.29, 1.82) is 0 Å². The van der Waals surface area contributed by atoms with Gasteiger partial charge in [-0.3, -0.25) is 4.79 Å². The van der Waals surface area contributed by atoms with E-state index in [-0.39, 0.29) is 12.5 Å². The van der Waals surface area contributed by atoms with Crippen LogP contribution in [0.5, 0.6) is 0 Å². The molecule has 0 atom stereocenters. The Hall–Kier alpha value is -1.56. The van der Waals surface area contributed by atoms with E-state index in [2.05, 4.69) is 28.2 Å². The molecule has 3 amide bonds. The minimum atomic E-state index is -0.401. The van der Waals surface area contributed by atoms with E-state index >= 15 is 0 Å². The monoisotopic (exact) mass is 341 g/mol. The standard InChI is InChI=1S/C14H20BrN3O2/c1-2-3-8-18(9-7-13(16)19)14(20)17-12-6-4-5-11(15)10-12/h4-6,10H,2-3,7-9H2,1H3,(H2,16,19)(H,17,20). The van der Waals surface area contributed by atoms with Gasteiger partial charge in [-0.1, -0.05) is 35.3 Å². The third-order valence-electron chi connectivity index (χ3n) is 2.77. The number of unbranched alkanes of at least 4 members (excludes halogenated alkanes) is 1. The van der Waals surface area contributed by atoms with Gasteiger partial charge in [0, 0.05) is 29.7 Å². The van der Waals surface area contributed by atoms with E-state index in [1.54, 1.807) is 4.90 Å². The second-order valence-corrected chi connectivity index (χ2v) is 5.41. The molecule has 0 saturated heterocycles. The number of carbonyl (C=O) groups is 2. The first-order chi connectivity index (χ1) is 9.52. The van der Waals surface area contributed by atoms with Crippen molar-refractivity contribution in [3.05, 3.63) is 28.7 Å². The summed E-state index contributed by atoms with van der Waals surface area (Å²) in [5.74, 6) is -0.401. The minimum Gasteiger partial charge on any atom is -0.370 e. The highest BCUT2D eigenvalue weighted by molar-refractivity contribution is 9.10. The fourth-order valence-corrected chi connectivity index (χ4v) is 2.08. The number of anilines is 1. The Balaban J connectivity index is 2.63. The van der Waals surface area contributed by atoms with E-state index in [0.29, 0.717) is 18.8 Å². The van der Waals surface area contributed by atoms with Crippen molar-refractivity contribution in [3.8, 4) is 0 Å². The number of halogens is 1. The summed E-state index contributed by atoms with van der Waals surface area (Å²) in [6.07, 6.45) is 2.05. The van der Waals surface area contributed by atoms with E-state index in [4.69, 9.17) is 5.73 Å². The van der Waals surface area contributed by atoms with Crippen LogP contribution in [0.2, 0.25) is 0 Å². The number of nitrogens with one attached hydrogen (secondary N) is 1. The van der Waals surface area contributed by atoms with Crippen LogP contribution in [-0.2, 0) is 4.79 Å². The second kappa shape index (κ2) is 8.58. The van der Waals surface area contributed by atoms with Crippen LogP contribution >= 0.6 is 15.9 Å². The summed E-state index contributed by atoms with van der Waals surface area (Å²) in [7, 11) is 0. The number of nitrogens with zero attached hydrogens (tertiary/aromatic N) is 1. The van der Waals surface area contributed by atoms with Crippen molar-refractivity contribution >= 4 is 33.6 Å². The first-order valence-electron chi connectivity index (χ1n) is 6.62. The quantitative estimate of drug-likeness (QED) is 0.799. The Labute approximate surface area is 127 Å². The van der Waals surface area contributed by atoms with Gasteiger partial charge in [0.2, 0.25) is 5.91 Å². The van der Waals surface area contributed by atoms with Crippen molar-refractivity contribution in [2.45, 2.75) is 26.2 Å². The molecule has 0 heterocycles. The van der Waals surface area contributed by atoms with E-state index in [1.165, 1.54) is 0 Å². The number of primary amides is 1. The molecular weight excluding hydrogens is 322 g/mol. The summed E-state index contributed by atoms with van der Waals surface area (Å²) >= 11 is 3.35. The maximum absolute atomic E-state index is 12.2. The highest BCUT2D eigenvalue weighted by Gasteiger charge is 2.14. The molecule has 0 radical (unpaired) electrons. The number of nitrogens with two attached hydrogens (primary N) is 1. The van der Waals surface area contributed by atoms with Crippen molar-refractivity contribution in [2.75, 3.05) is 18.4 Å². The number of amides is 3. The average Bonchev–Trinajstić information content (AvgIpc) is 2.38. The molecule has 0 aliphatic rings. The number of benzene rings is 1. The lowest BCUT2D eigenvalue weighted by Gasteiger charge is -2.22. The Morgan fingerprint density at radius 1 is 1.35 bits per heavy atom. The van der Waals surface area contributed by atoms with Crippen LogP contribution in [-0.4, -0.2) is 29.9 Å². The molecule has 0 spiro atoms. The van der Waals surface area contributed by atoms with Crippen molar-refractivity contribution in [3.63, 3.8) is 0 Å². The summed E-state index contributed by atoms with van der Waals surface area (Å²) in [4.78, 5) is 24.7. The molecular formula is C14H20BrN3O2. The van der Waals surface area contributed by atoms with Gasteiger partial charge in [-0.15, -0.1) is 0 Å². The summed E-state index contributed by atoms with van der Waals surface area (Å²) in [6, 6.07) is 7.16. The third-order valence-corrected chi connectivity index (χ3v) is 3.27. The van der Waals surface area contributed by atoms with Gasteiger partial charge in [0.25, 0.3) is 0 Å². The number of rotatable bonds is 7. The summed E-state index contributed by atoms with van der Waals surface area (Å²) < 4.78 is 0.896. The lowest BCUT2D eigenvalue weighted by atomic mass is 10.3. The maximum atomic E-state index is 12.2. The number of urea groups is 1. The zero-order valence-corrected chi connectivity index (χ0v) is 13.1. The molecule has 0 saturated carbocycles. The highest BCUT2D eigenvalue weighted by Crippen LogP contribution is 2.16. The van der Waals surface area contributed by atoms with Crippen LogP contribution in [0, 0.1) is 0 Å². The van der Waals surface area contributed by atoms with E-state index in [0.717, 1.165) is 17.3 Å². The normalized spacial score (nSPS) is 10.1. The molecule has 1 aromatic carbocycles. The van der Waals surface area contributed by atoms with Crippen LogP contribution in [0.3, 0.4) is 0 Å². The molecule has 3 N–H and O–H groups in total. The molecule has 0 unspecified atom stereocenters. The van der Waals surface area contributed by atoms with Gasteiger partial charge in [-0.25, -0.2) is 4.79 Å². The number of carbonyl (C=O) groups excluding carboxylic acids is 2. The van der Waals surface area contributed by atoms with Gasteiger partial charge in [0.1, 0.15) is 0 Å². The van der Waals surface area contributed by atoms with Crippen molar-refractivity contribution in [2.24, 2.45) is 5.73 Å². The lowest BCUT2D eigenvalue weighted by molar-refractivity contribution is -0.118. The Morgan fingerprint density at radius 2 is 2.10 bits per heavy atom. The first-order valence-corrected chi connectivity index (χ1v) is 7.42. The molecule has 1 rings (SSSR count). The molecule has 6 heteroatoms. The highest BCUT2D eigenvalue weighted by atomic mass is 79.9. The average molecular weight is 342 g/mol. The molecule has 0 aliphatic heterocycles. The molecule has 20 heavy (non-hydrogen) atoms. The van der Waals surface area contributed by atoms with Gasteiger partial charge >= 0.3 is 6.03 Å². The topological polar surface area (TPSA) is 75.4 Å². The van der Waals surface area contributed by atoms with Crippen molar-refractivity contribution in [1.82, 2.24) is 4.90 Å². The van der Waals surface area contributed by atoms with Crippen LogP contribution in [0.25, 0.3) is 0 Å². The molecule has 0 aromatic heterocycles. The van der Waals surface area contributed by atoms with E-state index < -0.39 is 5.91 Å². The predicted octanol–water partition coefficient (Wildman–Crippen LogP) is 2.96. The molecule has 0 bridgehead atoms. The van der Waals surface area contributed by atoms with Gasteiger partial charge in [-0.05, 0) is 24.6 Å². The maximum Gasteiger partial charge on any atom is 0.321 e. The van der Waals surface area contributed by atoms with E-state index in [1.807, 2.05) is 24.3 Å². The smallest absolute Gasteiger partial charge is 0.321 e. The predicted molar refractivity (Wildman–Crippen MR) is 83.5 cm³/mol. The molecule has 5 nitrogen and oxygen atoms in total. The second-order valence-electron chi connectivity index (χ2n) is 4.50. The van der Waals surface area contributed by atoms with Crippen LogP contribution in [0.1, 0.15) is 26.2 Å². The number of hydrogen-bond donors (Lipinski definition) is 2. The van der Waals surface area contributed by atoms with E-state index in [9.17, 15) is 9.59 Å². The van der Waals surface area contributed by atoms with Crippen LogP contribution in [0.15, 0.2) is 28.7 Å². The zero-order valence-electron chi connectivity index (χ0n) is 11.6. The molecule has 1 aromatic rings. The minimum absolute atomic E-state index is 0.176. The fraction of sp³-hybridized carbons (Fsp3) is 0.429. The third kappa shape index (κ3) is 6.06. The van der Waals surface area contributed by atoms with Crippen LogP contribution in [0.4, 0.5) is 10.5 Å². The molecule has 110 valence electrons. The Kier molecular flexibility index (Phi) is 7.08. The van der Waals surface area contributed by atoms with Gasteiger partial charge in [0.15, 0.2) is 0 Å². The fourth-order valence-electron chi connectivity index (χ4n) is 1.68. The lowest BCUT2D eigenvalue weighted by Crippen LogP contribution is -2.38.